The first-order valence-corrected chi connectivity index (χ1v) is 8.59. The Bertz CT molecular complexity index is 522. The van der Waals surface area contributed by atoms with Crippen molar-refractivity contribution in [3.8, 4) is 0 Å². The molecule has 1 heterocycles. The highest BCUT2D eigenvalue weighted by atomic mass is 19.1. The minimum atomic E-state index is -0.213. The van der Waals surface area contributed by atoms with E-state index in [0.29, 0.717) is 24.2 Å². The van der Waals surface area contributed by atoms with Gasteiger partial charge in [0.1, 0.15) is 5.82 Å². The summed E-state index contributed by atoms with van der Waals surface area (Å²) in [6.45, 7) is 9.19. The zero-order valence-electron chi connectivity index (χ0n) is 14.3. The number of hydrogen-bond donors (Lipinski definition) is 1. The van der Waals surface area contributed by atoms with Gasteiger partial charge < -0.3 is 5.32 Å². The zero-order valence-corrected chi connectivity index (χ0v) is 14.3. The van der Waals surface area contributed by atoms with Crippen LogP contribution in [0, 0.1) is 17.7 Å². The van der Waals surface area contributed by atoms with Crippen LogP contribution in [-0.4, -0.2) is 11.0 Å². The molecule has 0 spiro atoms. The second kappa shape index (κ2) is 7.87. The smallest absolute Gasteiger partial charge is 0.146 e. The molecule has 1 aromatic heterocycles. The van der Waals surface area contributed by atoms with Gasteiger partial charge in [0.15, 0.2) is 0 Å². The van der Waals surface area contributed by atoms with Crippen molar-refractivity contribution >= 4 is 5.57 Å². The number of allylic oxidation sites excluding steroid dienone is 2. The molecule has 122 valence electrons. The molecular formula is C19H29FN2. The summed E-state index contributed by atoms with van der Waals surface area (Å²) < 4.78 is 14.0. The maximum atomic E-state index is 14.0. The van der Waals surface area contributed by atoms with Crippen LogP contribution in [0.2, 0.25) is 0 Å². The lowest BCUT2D eigenvalue weighted by Gasteiger charge is -2.21. The van der Waals surface area contributed by atoms with E-state index < -0.39 is 0 Å². The molecule has 0 saturated heterocycles. The van der Waals surface area contributed by atoms with E-state index in [9.17, 15) is 4.39 Å². The second-order valence-electron chi connectivity index (χ2n) is 6.82. The van der Waals surface area contributed by atoms with Crippen molar-refractivity contribution in [2.45, 2.75) is 66.0 Å². The van der Waals surface area contributed by atoms with Gasteiger partial charge >= 0.3 is 0 Å². The van der Waals surface area contributed by atoms with Gasteiger partial charge in [-0.3, -0.25) is 0 Å². The normalized spacial score (nSPS) is 20.1. The van der Waals surface area contributed by atoms with Gasteiger partial charge in [0.05, 0.1) is 11.4 Å². The van der Waals surface area contributed by atoms with Crippen LogP contribution < -0.4 is 5.32 Å². The third-order valence-corrected chi connectivity index (χ3v) is 4.94. The Morgan fingerprint density at radius 1 is 1.32 bits per heavy atom. The molecule has 1 unspecified atom stereocenters. The first kappa shape index (κ1) is 17.1. The van der Waals surface area contributed by atoms with E-state index >= 15 is 0 Å². The van der Waals surface area contributed by atoms with Gasteiger partial charge in [-0.15, -0.1) is 0 Å². The van der Waals surface area contributed by atoms with E-state index in [0.717, 1.165) is 24.5 Å². The van der Waals surface area contributed by atoms with Gasteiger partial charge in [0, 0.05) is 12.6 Å². The monoisotopic (exact) mass is 304 g/mol. The average molecular weight is 304 g/mol. The molecule has 2 rings (SSSR count). The first-order chi connectivity index (χ1) is 10.5. The number of aromatic nitrogens is 1. The van der Waals surface area contributed by atoms with Gasteiger partial charge in [0.25, 0.3) is 0 Å². The molecule has 0 bridgehead atoms. The molecule has 2 nitrogen and oxygen atoms in total. The highest BCUT2D eigenvalue weighted by Crippen LogP contribution is 2.31. The molecule has 1 aliphatic carbocycles. The van der Waals surface area contributed by atoms with Crippen molar-refractivity contribution in [2.24, 2.45) is 11.8 Å². The molecule has 0 aliphatic heterocycles. The summed E-state index contributed by atoms with van der Waals surface area (Å²) in [6, 6.07) is 3.73. The van der Waals surface area contributed by atoms with Gasteiger partial charge in [-0.2, -0.15) is 0 Å². The number of hydrogen-bond acceptors (Lipinski definition) is 2. The topological polar surface area (TPSA) is 24.9 Å². The fourth-order valence-corrected chi connectivity index (χ4v) is 2.77. The Morgan fingerprint density at radius 3 is 2.68 bits per heavy atom. The standard InChI is InChI=1S/C19H29FN2/c1-5-15-6-8-16(9-7-15)18-11-10-17(20)19(22-18)12-21-14(4)13(2)3/h8,10-11,13-15,21H,5-7,9,12H2,1-4H3/t14-,15?/m1/s1. The van der Waals surface area contributed by atoms with Crippen LogP contribution in [0.5, 0.6) is 0 Å². The molecule has 1 aliphatic rings. The molecule has 0 aromatic carbocycles. The van der Waals surface area contributed by atoms with Gasteiger partial charge in [0.2, 0.25) is 0 Å². The van der Waals surface area contributed by atoms with Crippen LogP contribution >= 0.6 is 0 Å². The number of pyridine rings is 1. The summed E-state index contributed by atoms with van der Waals surface area (Å²) in [6.07, 6.45) is 6.95. The number of nitrogens with one attached hydrogen (secondary N) is 1. The Morgan fingerprint density at radius 2 is 2.09 bits per heavy atom. The quantitative estimate of drug-likeness (QED) is 0.804. The molecule has 1 N–H and O–H groups in total. The Hall–Kier alpha value is -1.22. The van der Waals surface area contributed by atoms with E-state index in [1.165, 1.54) is 18.4 Å². The SMILES string of the molecule is CCC1CC=C(c2ccc(F)c(CN[C@H](C)C(C)C)n2)CC1. The molecule has 0 amide bonds. The lowest BCUT2D eigenvalue weighted by Crippen LogP contribution is -2.30. The van der Waals surface area contributed by atoms with Crippen molar-refractivity contribution in [3.05, 3.63) is 35.4 Å². The minimum Gasteiger partial charge on any atom is -0.308 e. The summed E-state index contributed by atoms with van der Waals surface area (Å²) in [5, 5.41) is 3.36. The van der Waals surface area contributed by atoms with Crippen LogP contribution in [0.25, 0.3) is 5.57 Å². The summed E-state index contributed by atoms with van der Waals surface area (Å²) in [5.41, 5.74) is 2.76. The van der Waals surface area contributed by atoms with Crippen LogP contribution in [0.15, 0.2) is 18.2 Å². The van der Waals surface area contributed by atoms with Crippen molar-refractivity contribution in [2.75, 3.05) is 0 Å². The zero-order chi connectivity index (χ0) is 16.1. The fourth-order valence-electron chi connectivity index (χ4n) is 2.77. The van der Waals surface area contributed by atoms with E-state index in [1.807, 2.05) is 6.07 Å². The fraction of sp³-hybridized carbons (Fsp3) is 0.632. The predicted molar refractivity (Wildman–Crippen MR) is 90.9 cm³/mol. The molecule has 1 aromatic rings. The molecule has 0 radical (unpaired) electrons. The number of rotatable bonds is 6. The first-order valence-electron chi connectivity index (χ1n) is 8.59. The third-order valence-electron chi connectivity index (χ3n) is 4.94. The van der Waals surface area contributed by atoms with E-state index in [2.05, 4.69) is 44.1 Å². The third kappa shape index (κ3) is 4.39. The molecule has 2 atom stereocenters. The van der Waals surface area contributed by atoms with Crippen LogP contribution in [0.4, 0.5) is 4.39 Å². The summed E-state index contributed by atoms with van der Waals surface area (Å²) in [4.78, 5) is 4.57. The van der Waals surface area contributed by atoms with Crippen molar-refractivity contribution in [1.82, 2.24) is 10.3 Å². The summed E-state index contributed by atoms with van der Waals surface area (Å²) in [5.74, 6) is 1.12. The van der Waals surface area contributed by atoms with Crippen LogP contribution in [-0.2, 0) is 6.54 Å². The van der Waals surface area contributed by atoms with Gasteiger partial charge in [-0.1, -0.05) is 33.3 Å². The highest BCUT2D eigenvalue weighted by molar-refractivity contribution is 5.63. The Labute approximate surface area is 134 Å². The minimum absolute atomic E-state index is 0.213. The summed E-state index contributed by atoms with van der Waals surface area (Å²) in [7, 11) is 0. The van der Waals surface area contributed by atoms with Crippen LogP contribution in [0.3, 0.4) is 0 Å². The summed E-state index contributed by atoms with van der Waals surface area (Å²) >= 11 is 0. The van der Waals surface area contributed by atoms with E-state index in [-0.39, 0.29) is 5.82 Å². The number of halogens is 1. The van der Waals surface area contributed by atoms with Crippen molar-refractivity contribution in [1.29, 1.82) is 0 Å². The molecule has 0 fully saturated rings. The number of nitrogens with zero attached hydrogens (tertiary/aromatic N) is 1. The van der Waals surface area contributed by atoms with Crippen LogP contribution in [0.1, 0.15) is 64.8 Å². The highest BCUT2D eigenvalue weighted by Gasteiger charge is 2.16. The van der Waals surface area contributed by atoms with Crippen molar-refractivity contribution < 1.29 is 4.39 Å². The predicted octanol–water partition coefficient (Wildman–Crippen LogP) is 4.95. The van der Waals surface area contributed by atoms with E-state index in [1.54, 1.807) is 6.07 Å². The molecule has 0 saturated carbocycles. The lowest BCUT2D eigenvalue weighted by atomic mass is 9.86. The van der Waals surface area contributed by atoms with Gasteiger partial charge in [-0.25, -0.2) is 9.37 Å². The van der Waals surface area contributed by atoms with Gasteiger partial charge in [-0.05, 0) is 55.7 Å². The van der Waals surface area contributed by atoms with E-state index in [4.69, 9.17) is 0 Å². The lowest BCUT2D eigenvalue weighted by molar-refractivity contribution is 0.418. The molecule has 3 heteroatoms. The Kier molecular flexibility index (Phi) is 6.13. The molecular weight excluding hydrogens is 275 g/mol. The largest absolute Gasteiger partial charge is 0.308 e. The average Bonchev–Trinajstić information content (AvgIpc) is 2.53. The maximum Gasteiger partial charge on any atom is 0.146 e. The second-order valence-corrected chi connectivity index (χ2v) is 6.82. The molecule has 22 heavy (non-hydrogen) atoms. The maximum absolute atomic E-state index is 14.0. The Balaban J connectivity index is 2.08. The van der Waals surface area contributed by atoms with Crippen molar-refractivity contribution in [3.63, 3.8) is 0 Å².